The van der Waals surface area contributed by atoms with E-state index in [1.54, 1.807) is 24.5 Å². The molecule has 27 heavy (non-hydrogen) atoms. The molecule has 142 valence electrons. The highest BCUT2D eigenvalue weighted by Gasteiger charge is 2.33. The monoisotopic (exact) mass is 369 g/mol. The van der Waals surface area contributed by atoms with Crippen LogP contribution in [0.5, 0.6) is 0 Å². The van der Waals surface area contributed by atoms with E-state index in [1.807, 2.05) is 9.80 Å². The van der Waals surface area contributed by atoms with Gasteiger partial charge in [0.2, 0.25) is 12.3 Å². The molecule has 2 aliphatic rings. The number of hydrogen-bond donors (Lipinski definition) is 0. The summed E-state index contributed by atoms with van der Waals surface area (Å²) >= 11 is 0. The SMILES string of the molecule is O=C(c1ccncc1)N1CCC(C(=O)N2CCC(c3ncon3)CC2)CC1. The number of amides is 2. The van der Waals surface area contributed by atoms with Gasteiger partial charge < -0.3 is 14.3 Å². The van der Waals surface area contributed by atoms with Crippen molar-refractivity contribution in [1.29, 1.82) is 0 Å². The number of nitrogens with zero attached hydrogens (tertiary/aromatic N) is 5. The van der Waals surface area contributed by atoms with Gasteiger partial charge in [-0.15, -0.1) is 0 Å². The average Bonchev–Trinajstić information content (AvgIpc) is 3.28. The zero-order valence-electron chi connectivity index (χ0n) is 15.2. The Morgan fingerprint density at radius 2 is 1.63 bits per heavy atom. The van der Waals surface area contributed by atoms with Crippen molar-refractivity contribution in [1.82, 2.24) is 24.9 Å². The van der Waals surface area contributed by atoms with Crippen LogP contribution >= 0.6 is 0 Å². The number of pyridine rings is 1. The molecule has 2 aromatic heterocycles. The van der Waals surface area contributed by atoms with Gasteiger partial charge in [-0.3, -0.25) is 14.6 Å². The van der Waals surface area contributed by atoms with E-state index < -0.39 is 0 Å². The van der Waals surface area contributed by atoms with Crippen molar-refractivity contribution in [3.63, 3.8) is 0 Å². The molecular weight excluding hydrogens is 346 g/mol. The molecule has 4 rings (SSSR count). The Kier molecular flexibility index (Phi) is 5.13. The summed E-state index contributed by atoms with van der Waals surface area (Å²) < 4.78 is 4.82. The van der Waals surface area contributed by atoms with E-state index in [2.05, 4.69) is 15.1 Å². The minimum atomic E-state index is 0.00761. The number of aromatic nitrogens is 3. The minimum absolute atomic E-state index is 0.00761. The topological polar surface area (TPSA) is 92.4 Å². The second-order valence-electron chi connectivity index (χ2n) is 7.19. The van der Waals surface area contributed by atoms with Crippen molar-refractivity contribution in [2.45, 2.75) is 31.6 Å². The Morgan fingerprint density at radius 3 is 2.26 bits per heavy atom. The summed E-state index contributed by atoms with van der Waals surface area (Å²) in [5.41, 5.74) is 0.651. The Balaban J connectivity index is 1.27. The Labute approximate surface area is 157 Å². The maximum Gasteiger partial charge on any atom is 0.253 e. The van der Waals surface area contributed by atoms with Gasteiger partial charge in [0.05, 0.1) is 0 Å². The lowest BCUT2D eigenvalue weighted by Crippen LogP contribution is -2.46. The molecule has 0 unspecified atom stereocenters. The van der Waals surface area contributed by atoms with Gasteiger partial charge in [-0.1, -0.05) is 5.16 Å². The first-order chi connectivity index (χ1) is 13.2. The molecule has 0 N–H and O–H groups in total. The molecule has 8 heteroatoms. The maximum atomic E-state index is 12.9. The van der Waals surface area contributed by atoms with Crippen LogP contribution in [-0.4, -0.2) is 62.9 Å². The van der Waals surface area contributed by atoms with Gasteiger partial charge in [0.15, 0.2) is 5.82 Å². The molecule has 0 aliphatic carbocycles. The van der Waals surface area contributed by atoms with Gasteiger partial charge in [-0.05, 0) is 37.8 Å². The van der Waals surface area contributed by atoms with Crippen LogP contribution in [0.15, 0.2) is 35.4 Å². The summed E-state index contributed by atoms with van der Waals surface area (Å²) in [6, 6.07) is 3.46. The molecule has 0 saturated carbocycles. The van der Waals surface area contributed by atoms with E-state index in [0.29, 0.717) is 18.7 Å². The van der Waals surface area contributed by atoms with E-state index in [9.17, 15) is 9.59 Å². The van der Waals surface area contributed by atoms with Gasteiger partial charge in [-0.25, -0.2) is 0 Å². The van der Waals surface area contributed by atoms with Crippen molar-refractivity contribution in [2.75, 3.05) is 26.2 Å². The third-order valence-corrected chi connectivity index (χ3v) is 5.61. The zero-order valence-corrected chi connectivity index (χ0v) is 15.2. The highest BCUT2D eigenvalue weighted by molar-refractivity contribution is 5.94. The molecule has 2 saturated heterocycles. The fourth-order valence-corrected chi connectivity index (χ4v) is 3.98. The third-order valence-electron chi connectivity index (χ3n) is 5.61. The second-order valence-corrected chi connectivity index (χ2v) is 7.19. The molecular formula is C19H23N5O3. The van der Waals surface area contributed by atoms with Crippen LogP contribution in [0, 0.1) is 5.92 Å². The molecule has 0 bridgehead atoms. The third kappa shape index (κ3) is 3.84. The number of hydrogen-bond acceptors (Lipinski definition) is 6. The molecule has 2 fully saturated rings. The molecule has 2 amide bonds. The second kappa shape index (κ2) is 7.85. The van der Waals surface area contributed by atoms with Crippen LogP contribution in [0.3, 0.4) is 0 Å². The van der Waals surface area contributed by atoms with Gasteiger partial charge in [0, 0.05) is 56.0 Å². The van der Waals surface area contributed by atoms with E-state index >= 15 is 0 Å². The van der Waals surface area contributed by atoms with E-state index in [0.717, 1.165) is 44.6 Å². The number of carbonyl (C=O) groups excluding carboxylic acids is 2. The molecule has 0 atom stereocenters. The first kappa shape index (κ1) is 17.6. The fraction of sp³-hybridized carbons (Fsp3) is 0.526. The molecule has 2 aliphatic heterocycles. The lowest BCUT2D eigenvalue weighted by atomic mass is 9.91. The zero-order chi connectivity index (χ0) is 18.6. The van der Waals surface area contributed by atoms with Crippen molar-refractivity contribution in [2.24, 2.45) is 5.92 Å². The smallest absolute Gasteiger partial charge is 0.253 e. The van der Waals surface area contributed by atoms with Crippen LogP contribution in [0.25, 0.3) is 0 Å². The lowest BCUT2D eigenvalue weighted by molar-refractivity contribution is -0.138. The van der Waals surface area contributed by atoms with Crippen LogP contribution < -0.4 is 0 Å². The molecule has 4 heterocycles. The molecule has 8 nitrogen and oxygen atoms in total. The Bertz CT molecular complexity index is 764. The van der Waals surface area contributed by atoms with Gasteiger partial charge >= 0.3 is 0 Å². The summed E-state index contributed by atoms with van der Waals surface area (Å²) in [5, 5.41) is 3.92. The Morgan fingerprint density at radius 1 is 0.963 bits per heavy atom. The lowest BCUT2D eigenvalue weighted by Gasteiger charge is -2.36. The summed E-state index contributed by atoms with van der Waals surface area (Å²) in [7, 11) is 0. The van der Waals surface area contributed by atoms with Crippen molar-refractivity contribution >= 4 is 11.8 Å². The predicted octanol–water partition coefficient (Wildman–Crippen LogP) is 1.72. The van der Waals surface area contributed by atoms with Gasteiger partial charge in [0.25, 0.3) is 5.91 Å². The maximum absolute atomic E-state index is 12.9. The fourth-order valence-electron chi connectivity index (χ4n) is 3.98. The van der Waals surface area contributed by atoms with Crippen LogP contribution in [0.2, 0.25) is 0 Å². The predicted molar refractivity (Wildman–Crippen MR) is 95.7 cm³/mol. The van der Waals surface area contributed by atoms with Crippen molar-refractivity contribution in [3.05, 3.63) is 42.3 Å². The molecule has 0 aromatic carbocycles. The van der Waals surface area contributed by atoms with Crippen molar-refractivity contribution in [3.8, 4) is 0 Å². The summed E-state index contributed by atoms with van der Waals surface area (Å²) in [4.78, 5) is 37.2. The summed E-state index contributed by atoms with van der Waals surface area (Å²) in [5.74, 6) is 1.26. The normalized spacial score (nSPS) is 19.3. The molecule has 0 radical (unpaired) electrons. The van der Waals surface area contributed by atoms with Crippen LogP contribution in [-0.2, 0) is 4.79 Å². The Hall–Kier alpha value is -2.77. The van der Waals surface area contributed by atoms with E-state index in [4.69, 9.17) is 4.52 Å². The van der Waals surface area contributed by atoms with Gasteiger partial charge in [-0.2, -0.15) is 4.98 Å². The number of likely N-dealkylation sites (tertiary alicyclic amines) is 2. The first-order valence-corrected chi connectivity index (χ1v) is 9.46. The molecule has 2 aromatic rings. The minimum Gasteiger partial charge on any atom is -0.343 e. The highest BCUT2D eigenvalue weighted by atomic mass is 16.5. The highest BCUT2D eigenvalue weighted by Crippen LogP contribution is 2.28. The van der Waals surface area contributed by atoms with E-state index in [1.165, 1.54) is 6.39 Å². The largest absolute Gasteiger partial charge is 0.343 e. The summed E-state index contributed by atoms with van der Waals surface area (Å²) in [6.45, 7) is 2.70. The van der Waals surface area contributed by atoms with Gasteiger partial charge in [0.1, 0.15) is 0 Å². The number of carbonyl (C=O) groups is 2. The first-order valence-electron chi connectivity index (χ1n) is 9.46. The molecule has 0 spiro atoms. The average molecular weight is 369 g/mol. The number of rotatable bonds is 3. The van der Waals surface area contributed by atoms with Crippen LogP contribution in [0.4, 0.5) is 0 Å². The standard InChI is InChI=1S/C19H23N5O3/c25-18(15-1-7-20-8-2-15)24-11-5-16(6-12-24)19(26)23-9-3-14(4-10-23)17-21-13-27-22-17/h1-2,7-8,13-14,16H,3-6,9-12H2. The summed E-state index contributed by atoms with van der Waals surface area (Å²) in [6.07, 6.45) is 7.79. The van der Waals surface area contributed by atoms with Crippen molar-refractivity contribution < 1.29 is 14.1 Å². The number of piperidine rings is 2. The van der Waals surface area contributed by atoms with Crippen LogP contribution in [0.1, 0.15) is 47.8 Å². The quantitative estimate of drug-likeness (QED) is 0.818. The van der Waals surface area contributed by atoms with E-state index in [-0.39, 0.29) is 23.7 Å².